The molecule has 0 radical (unpaired) electrons. The summed E-state index contributed by atoms with van der Waals surface area (Å²) in [6.07, 6.45) is 1.59. The van der Waals surface area contributed by atoms with E-state index in [2.05, 4.69) is 10.3 Å². The lowest BCUT2D eigenvalue weighted by atomic mass is 10.2. The molecule has 0 saturated heterocycles. The molecule has 0 spiro atoms. The Kier molecular flexibility index (Phi) is 4.81. The van der Waals surface area contributed by atoms with Gasteiger partial charge in [0.05, 0.1) is 16.5 Å². The van der Waals surface area contributed by atoms with E-state index < -0.39 is 5.82 Å². The standard InChI is InChI=1S/C13H11ClFN3OS/c14-9-2-1-5-17-13(9)20-7-12(19)18-11-6-8(16)3-4-10(11)15/h1-6H,7,16H2,(H,18,19). The van der Waals surface area contributed by atoms with Crippen molar-refractivity contribution in [3.63, 3.8) is 0 Å². The van der Waals surface area contributed by atoms with Gasteiger partial charge in [-0.2, -0.15) is 0 Å². The molecule has 7 heteroatoms. The maximum absolute atomic E-state index is 13.4. The summed E-state index contributed by atoms with van der Waals surface area (Å²) in [5.74, 6) is -0.819. The molecule has 1 aromatic heterocycles. The van der Waals surface area contributed by atoms with Crippen LogP contribution < -0.4 is 11.1 Å². The van der Waals surface area contributed by atoms with Gasteiger partial charge in [0.2, 0.25) is 5.91 Å². The first-order chi connectivity index (χ1) is 9.56. The molecule has 0 aliphatic carbocycles. The molecule has 0 saturated carbocycles. The van der Waals surface area contributed by atoms with Crippen molar-refractivity contribution in [1.82, 2.24) is 4.98 Å². The SMILES string of the molecule is Nc1ccc(F)c(NC(=O)CSc2ncccc2Cl)c1. The zero-order chi connectivity index (χ0) is 14.5. The molecule has 104 valence electrons. The number of carbonyl (C=O) groups is 1. The van der Waals surface area contributed by atoms with Crippen molar-refractivity contribution in [2.24, 2.45) is 0 Å². The van der Waals surface area contributed by atoms with Crippen LogP contribution in [0.1, 0.15) is 0 Å². The molecule has 2 aromatic rings. The van der Waals surface area contributed by atoms with Crippen LogP contribution in [0.4, 0.5) is 15.8 Å². The second-order valence-corrected chi connectivity index (χ2v) is 5.24. The second-order valence-electron chi connectivity index (χ2n) is 3.87. The number of nitrogen functional groups attached to an aromatic ring is 1. The third-order valence-corrected chi connectivity index (χ3v) is 3.75. The maximum atomic E-state index is 13.4. The fourth-order valence-corrected chi connectivity index (χ4v) is 2.40. The van der Waals surface area contributed by atoms with Gasteiger partial charge < -0.3 is 11.1 Å². The summed E-state index contributed by atoms with van der Waals surface area (Å²) in [6, 6.07) is 7.38. The topological polar surface area (TPSA) is 68.0 Å². The molecule has 0 aliphatic heterocycles. The number of carbonyl (C=O) groups excluding carboxylic acids is 1. The number of pyridine rings is 1. The average Bonchev–Trinajstić information content (AvgIpc) is 2.42. The van der Waals surface area contributed by atoms with Gasteiger partial charge in [0.1, 0.15) is 10.8 Å². The fourth-order valence-electron chi connectivity index (χ4n) is 1.44. The summed E-state index contributed by atoms with van der Waals surface area (Å²) in [5.41, 5.74) is 5.97. The van der Waals surface area contributed by atoms with Crippen LogP contribution in [0.2, 0.25) is 5.02 Å². The van der Waals surface area contributed by atoms with Gasteiger partial charge in [-0.05, 0) is 30.3 Å². The fraction of sp³-hybridized carbons (Fsp3) is 0.0769. The van der Waals surface area contributed by atoms with Crippen LogP contribution in [-0.2, 0) is 4.79 Å². The molecule has 1 aromatic carbocycles. The molecule has 20 heavy (non-hydrogen) atoms. The first-order valence-corrected chi connectivity index (χ1v) is 7.01. The van der Waals surface area contributed by atoms with Gasteiger partial charge in [-0.15, -0.1) is 0 Å². The quantitative estimate of drug-likeness (QED) is 0.672. The Bertz CT molecular complexity index is 639. The number of halogens is 2. The number of hydrogen-bond acceptors (Lipinski definition) is 4. The summed E-state index contributed by atoms with van der Waals surface area (Å²) in [5, 5.41) is 3.48. The van der Waals surface area contributed by atoms with E-state index >= 15 is 0 Å². The van der Waals surface area contributed by atoms with Crippen LogP contribution in [0.3, 0.4) is 0 Å². The number of thioether (sulfide) groups is 1. The van der Waals surface area contributed by atoms with Gasteiger partial charge in [-0.3, -0.25) is 4.79 Å². The van der Waals surface area contributed by atoms with Crippen molar-refractivity contribution in [2.45, 2.75) is 5.03 Å². The summed E-state index contributed by atoms with van der Waals surface area (Å²) in [4.78, 5) is 15.8. The number of nitrogens with one attached hydrogen (secondary N) is 1. The number of amides is 1. The van der Waals surface area contributed by atoms with Crippen LogP contribution in [0.25, 0.3) is 0 Å². The van der Waals surface area contributed by atoms with Gasteiger partial charge >= 0.3 is 0 Å². The van der Waals surface area contributed by atoms with Crippen molar-refractivity contribution < 1.29 is 9.18 Å². The molecule has 3 N–H and O–H groups in total. The Hall–Kier alpha value is -1.79. The normalized spacial score (nSPS) is 10.3. The third kappa shape index (κ3) is 3.85. The lowest BCUT2D eigenvalue weighted by Crippen LogP contribution is -2.15. The Balaban J connectivity index is 1.96. The number of anilines is 2. The minimum atomic E-state index is -0.534. The molecule has 0 fully saturated rings. The number of rotatable bonds is 4. The summed E-state index contributed by atoms with van der Waals surface area (Å²) >= 11 is 7.10. The van der Waals surface area contributed by atoms with E-state index in [1.807, 2.05) is 0 Å². The molecule has 0 atom stereocenters. The zero-order valence-corrected chi connectivity index (χ0v) is 11.8. The van der Waals surface area contributed by atoms with Gasteiger partial charge in [-0.25, -0.2) is 9.37 Å². The van der Waals surface area contributed by atoms with E-state index in [0.29, 0.717) is 15.7 Å². The molecule has 0 aliphatic rings. The van der Waals surface area contributed by atoms with Crippen molar-refractivity contribution in [3.8, 4) is 0 Å². The summed E-state index contributed by atoms with van der Waals surface area (Å²) in [7, 11) is 0. The highest BCUT2D eigenvalue weighted by atomic mass is 35.5. The molecule has 0 bridgehead atoms. The van der Waals surface area contributed by atoms with Crippen LogP contribution >= 0.6 is 23.4 Å². The maximum Gasteiger partial charge on any atom is 0.234 e. The predicted octanol–water partition coefficient (Wildman–Crippen LogP) is 3.19. The highest BCUT2D eigenvalue weighted by molar-refractivity contribution is 8.00. The van der Waals surface area contributed by atoms with E-state index in [9.17, 15) is 9.18 Å². The third-order valence-electron chi connectivity index (χ3n) is 2.33. The number of hydrogen-bond donors (Lipinski definition) is 2. The summed E-state index contributed by atoms with van der Waals surface area (Å²) in [6.45, 7) is 0. The molecule has 1 amide bonds. The lowest BCUT2D eigenvalue weighted by Gasteiger charge is -2.07. The monoisotopic (exact) mass is 311 g/mol. The van der Waals surface area contributed by atoms with Crippen LogP contribution in [0.5, 0.6) is 0 Å². The van der Waals surface area contributed by atoms with E-state index in [1.54, 1.807) is 18.3 Å². The van der Waals surface area contributed by atoms with Gasteiger partial charge in [-0.1, -0.05) is 23.4 Å². The number of aromatic nitrogens is 1. The average molecular weight is 312 g/mol. The van der Waals surface area contributed by atoms with Crippen molar-refractivity contribution in [1.29, 1.82) is 0 Å². The Morgan fingerprint density at radius 2 is 2.25 bits per heavy atom. The Morgan fingerprint density at radius 3 is 3.00 bits per heavy atom. The van der Waals surface area contributed by atoms with Crippen LogP contribution in [0.15, 0.2) is 41.6 Å². The van der Waals surface area contributed by atoms with E-state index in [1.165, 1.54) is 30.0 Å². The molecule has 2 rings (SSSR count). The van der Waals surface area contributed by atoms with Crippen molar-refractivity contribution >= 4 is 40.6 Å². The van der Waals surface area contributed by atoms with Gasteiger partial charge in [0.25, 0.3) is 0 Å². The molecular weight excluding hydrogens is 301 g/mol. The second kappa shape index (κ2) is 6.58. The predicted molar refractivity (Wildman–Crippen MR) is 79.4 cm³/mol. The van der Waals surface area contributed by atoms with E-state index in [4.69, 9.17) is 17.3 Å². The smallest absolute Gasteiger partial charge is 0.234 e. The van der Waals surface area contributed by atoms with Crippen LogP contribution in [-0.4, -0.2) is 16.6 Å². The van der Waals surface area contributed by atoms with E-state index in [0.717, 1.165) is 0 Å². The minimum Gasteiger partial charge on any atom is -0.399 e. The Morgan fingerprint density at radius 1 is 1.45 bits per heavy atom. The first kappa shape index (κ1) is 14.6. The van der Waals surface area contributed by atoms with Crippen molar-refractivity contribution in [3.05, 3.63) is 47.4 Å². The number of benzene rings is 1. The van der Waals surface area contributed by atoms with Gasteiger partial charge in [0.15, 0.2) is 0 Å². The van der Waals surface area contributed by atoms with Crippen LogP contribution in [0, 0.1) is 5.82 Å². The largest absolute Gasteiger partial charge is 0.399 e. The van der Waals surface area contributed by atoms with E-state index in [-0.39, 0.29) is 17.3 Å². The number of nitrogens with two attached hydrogens (primary N) is 1. The molecular formula is C13H11ClFN3OS. The number of nitrogens with zero attached hydrogens (tertiary/aromatic N) is 1. The molecule has 0 unspecified atom stereocenters. The van der Waals surface area contributed by atoms with Gasteiger partial charge in [0, 0.05) is 11.9 Å². The minimum absolute atomic E-state index is 0.0581. The Labute approximate surface area is 124 Å². The lowest BCUT2D eigenvalue weighted by molar-refractivity contribution is -0.113. The van der Waals surface area contributed by atoms with Crippen molar-refractivity contribution in [2.75, 3.05) is 16.8 Å². The highest BCUT2D eigenvalue weighted by Crippen LogP contribution is 2.24. The zero-order valence-electron chi connectivity index (χ0n) is 10.3. The first-order valence-electron chi connectivity index (χ1n) is 5.64. The summed E-state index contributed by atoms with van der Waals surface area (Å²) < 4.78 is 13.4. The molecule has 4 nitrogen and oxygen atoms in total. The molecule has 1 heterocycles. The highest BCUT2D eigenvalue weighted by Gasteiger charge is 2.09.